The first-order valence-electron chi connectivity index (χ1n) is 9.45. The van der Waals surface area contributed by atoms with Crippen molar-refractivity contribution in [3.05, 3.63) is 66.2 Å². The van der Waals surface area contributed by atoms with Crippen LogP contribution in [0.2, 0.25) is 0 Å². The SMILES string of the molecule is CC1CC1CNC(=O)N[C@@H](Cc1ccccc1)C(=O)N(C)c1ccccc1. The van der Waals surface area contributed by atoms with E-state index in [0.29, 0.717) is 24.8 Å². The van der Waals surface area contributed by atoms with Gasteiger partial charge in [-0.15, -0.1) is 0 Å². The molecule has 0 aromatic heterocycles. The molecule has 5 nitrogen and oxygen atoms in total. The van der Waals surface area contributed by atoms with Gasteiger partial charge in [0.15, 0.2) is 0 Å². The molecule has 27 heavy (non-hydrogen) atoms. The fourth-order valence-corrected chi connectivity index (χ4v) is 3.18. The Morgan fingerprint density at radius 1 is 1.07 bits per heavy atom. The number of urea groups is 1. The molecule has 1 aliphatic carbocycles. The van der Waals surface area contributed by atoms with Gasteiger partial charge in [-0.1, -0.05) is 55.5 Å². The summed E-state index contributed by atoms with van der Waals surface area (Å²) in [7, 11) is 1.74. The minimum Gasteiger partial charge on any atom is -0.338 e. The number of benzene rings is 2. The van der Waals surface area contributed by atoms with E-state index < -0.39 is 6.04 Å². The van der Waals surface area contributed by atoms with Crippen LogP contribution in [0.25, 0.3) is 0 Å². The molecule has 1 aliphatic rings. The Labute approximate surface area is 160 Å². The number of likely N-dealkylation sites (N-methyl/N-ethyl adjacent to an activating group) is 1. The second kappa shape index (κ2) is 8.71. The molecule has 2 N–H and O–H groups in total. The molecule has 1 saturated carbocycles. The first-order valence-corrected chi connectivity index (χ1v) is 9.45. The molecule has 142 valence electrons. The average molecular weight is 365 g/mol. The van der Waals surface area contributed by atoms with Crippen LogP contribution in [0.1, 0.15) is 18.9 Å². The molecule has 0 bridgehead atoms. The Morgan fingerprint density at radius 2 is 1.67 bits per heavy atom. The van der Waals surface area contributed by atoms with Crippen LogP contribution >= 0.6 is 0 Å². The van der Waals surface area contributed by atoms with Gasteiger partial charge in [0.05, 0.1) is 0 Å². The molecule has 0 heterocycles. The van der Waals surface area contributed by atoms with Crippen molar-refractivity contribution in [2.45, 2.75) is 25.8 Å². The van der Waals surface area contributed by atoms with E-state index in [9.17, 15) is 9.59 Å². The van der Waals surface area contributed by atoms with Gasteiger partial charge in [-0.05, 0) is 36.0 Å². The van der Waals surface area contributed by atoms with Crippen molar-refractivity contribution in [2.24, 2.45) is 11.8 Å². The quantitative estimate of drug-likeness (QED) is 0.791. The third kappa shape index (κ3) is 5.33. The first kappa shape index (κ1) is 19.0. The minimum atomic E-state index is -0.630. The zero-order chi connectivity index (χ0) is 19.2. The maximum Gasteiger partial charge on any atom is 0.315 e. The zero-order valence-electron chi connectivity index (χ0n) is 15.9. The van der Waals surface area contributed by atoms with Crippen molar-refractivity contribution in [1.29, 1.82) is 0 Å². The zero-order valence-corrected chi connectivity index (χ0v) is 15.9. The minimum absolute atomic E-state index is 0.139. The lowest BCUT2D eigenvalue weighted by Gasteiger charge is -2.25. The number of para-hydroxylation sites is 1. The van der Waals surface area contributed by atoms with Crippen LogP contribution in [0.15, 0.2) is 60.7 Å². The van der Waals surface area contributed by atoms with Gasteiger partial charge in [-0.25, -0.2) is 4.79 Å². The lowest BCUT2D eigenvalue weighted by molar-refractivity contribution is -0.120. The highest BCUT2D eigenvalue weighted by Crippen LogP contribution is 2.36. The summed E-state index contributed by atoms with van der Waals surface area (Å²) in [5.41, 5.74) is 1.81. The van der Waals surface area contributed by atoms with E-state index in [1.54, 1.807) is 11.9 Å². The number of carbonyl (C=O) groups excluding carboxylic acids is 2. The second-order valence-electron chi connectivity index (χ2n) is 7.30. The summed E-state index contributed by atoms with van der Waals surface area (Å²) < 4.78 is 0. The average Bonchev–Trinajstić information content (AvgIpc) is 3.41. The number of hydrogen-bond acceptors (Lipinski definition) is 2. The molecule has 0 radical (unpaired) electrons. The summed E-state index contributed by atoms with van der Waals surface area (Å²) in [6, 6.07) is 18.3. The molecule has 3 rings (SSSR count). The number of amides is 3. The lowest BCUT2D eigenvalue weighted by Crippen LogP contribution is -2.52. The Balaban J connectivity index is 1.68. The highest BCUT2D eigenvalue weighted by Gasteiger charge is 2.33. The number of hydrogen-bond donors (Lipinski definition) is 2. The molecule has 2 unspecified atom stereocenters. The van der Waals surface area contributed by atoms with Gasteiger partial charge in [0.2, 0.25) is 5.91 Å². The summed E-state index contributed by atoms with van der Waals surface area (Å²) in [4.78, 5) is 27.0. The fourth-order valence-electron chi connectivity index (χ4n) is 3.18. The van der Waals surface area contributed by atoms with Gasteiger partial charge in [-0.2, -0.15) is 0 Å². The Hall–Kier alpha value is -2.82. The van der Waals surface area contributed by atoms with Crippen LogP contribution in [0.4, 0.5) is 10.5 Å². The maximum atomic E-state index is 13.1. The first-order chi connectivity index (χ1) is 13.0. The van der Waals surface area contributed by atoms with Crippen LogP contribution in [-0.4, -0.2) is 31.6 Å². The van der Waals surface area contributed by atoms with Gasteiger partial charge in [-0.3, -0.25) is 4.79 Å². The molecule has 0 spiro atoms. The highest BCUT2D eigenvalue weighted by atomic mass is 16.2. The summed E-state index contributed by atoms with van der Waals surface area (Å²) in [6.07, 6.45) is 1.60. The normalized spacial score (nSPS) is 19.0. The molecule has 0 saturated heterocycles. The fraction of sp³-hybridized carbons (Fsp3) is 0.364. The Bertz CT molecular complexity index is 764. The Morgan fingerprint density at radius 3 is 2.26 bits per heavy atom. The standard InChI is InChI=1S/C22H27N3O2/c1-16-13-18(16)15-23-22(27)24-20(14-17-9-5-3-6-10-17)21(26)25(2)19-11-7-4-8-12-19/h3-12,16,18,20H,13-15H2,1-2H3,(H2,23,24,27)/t16?,18?,20-/m0/s1. The molecule has 2 aromatic rings. The molecular weight excluding hydrogens is 338 g/mol. The summed E-state index contributed by atoms with van der Waals surface area (Å²) >= 11 is 0. The van der Waals surface area contributed by atoms with Crippen LogP contribution in [-0.2, 0) is 11.2 Å². The molecule has 3 amide bonds. The van der Waals surface area contributed by atoms with E-state index in [0.717, 1.165) is 17.7 Å². The topological polar surface area (TPSA) is 61.4 Å². The predicted molar refractivity (Wildman–Crippen MR) is 108 cm³/mol. The summed E-state index contributed by atoms with van der Waals surface area (Å²) in [5, 5.41) is 5.78. The monoisotopic (exact) mass is 365 g/mol. The van der Waals surface area contributed by atoms with Gasteiger partial charge in [0.25, 0.3) is 0 Å². The molecule has 0 aliphatic heterocycles. The van der Waals surface area contributed by atoms with E-state index in [2.05, 4.69) is 17.6 Å². The maximum absolute atomic E-state index is 13.1. The second-order valence-corrected chi connectivity index (χ2v) is 7.30. The third-order valence-corrected chi connectivity index (χ3v) is 5.16. The molecule has 1 fully saturated rings. The summed E-state index contributed by atoms with van der Waals surface area (Å²) in [5.74, 6) is 1.10. The van der Waals surface area contributed by atoms with Crippen LogP contribution < -0.4 is 15.5 Å². The van der Waals surface area contributed by atoms with Crippen molar-refractivity contribution >= 4 is 17.6 Å². The number of anilines is 1. The molecule has 2 aromatic carbocycles. The van der Waals surface area contributed by atoms with Crippen LogP contribution in [0.5, 0.6) is 0 Å². The van der Waals surface area contributed by atoms with E-state index in [4.69, 9.17) is 0 Å². The van der Waals surface area contributed by atoms with E-state index >= 15 is 0 Å². The largest absolute Gasteiger partial charge is 0.338 e. The van der Waals surface area contributed by atoms with Gasteiger partial charge in [0, 0.05) is 25.7 Å². The van der Waals surface area contributed by atoms with E-state index in [1.807, 2.05) is 60.7 Å². The van der Waals surface area contributed by atoms with Gasteiger partial charge >= 0.3 is 6.03 Å². The van der Waals surface area contributed by atoms with Crippen LogP contribution in [0, 0.1) is 11.8 Å². The van der Waals surface area contributed by atoms with Gasteiger partial charge < -0.3 is 15.5 Å². The Kier molecular flexibility index (Phi) is 6.12. The van der Waals surface area contributed by atoms with E-state index in [1.165, 1.54) is 0 Å². The van der Waals surface area contributed by atoms with Crippen molar-refractivity contribution in [3.63, 3.8) is 0 Å². The lowest BCUT2D eigenvalue weighted by atomic mass is 10.0. The highest BCUT2D eigenvalue weighted by molar-refractivity contribution is 5.98. The van der Waals surface area contributed by atoms with Crippen molar-refractivity contribution in [1.82, 2.24) is 10.6 Å². The number of carbonyl (C=O) groups is 2. The number of rotatable bonds is 7. The molecule has 3 atom stereocenters. The van der Waals surface area contributed by atoms with Crippen molar-refractivity contribution < 1.29 is 9.59 Å². The smallest absolute Gasteiger partial charge is 0.315 e. The van der Waals surface area contributed by atoms with E-state index in [-0.39, 0.29) is 11.9 Å². The predicted octanol–water partition coefficient (Wildman–Crippen LogP) is 3.22. The van der Waals surface area contributed by atoms with Crippen molar-refractivity contribution in [3.8, 4) is 0 Å². The van der Waals surface area contributed by atoms with Crippen molar-refractivity contribution in [2.75, 3.05) is 18.5 Å². The van der Waals surface area contributed by atoms with Crippen LogP contribution in [0.3, 0.4) is 0 Å². The molecule has 5 heteroatoms. The number of nitrogens with zero attached hydrogens (tertiary/aromatic N) is 1. The molecular formula is C22H27N3O2. The number of nitrogens with one attached hydrogen (secondary N) is 2. The van der Waals surface area contributed by atoms with Gasteiger partial charge in [0.1, 0.15) is 6.04 Å². The third-order valence-electron chi connectivity index (χ3n) is 5.16. The summed E-state index contributed by atoms with van der Waals surface area (Å²) in [6.45, 7) is 2.84.